The second-order valence-corrected chi connectivity index (χ2v) is 10.4. The topological polar surface area (TPSA) is 93.0 Å². The molecule has 1 aliphatic heterocycles. The van der Waals surface area contributed by atoms with E-state index >= 15 is 0 Å². The van der Waals surface area contributed by atoms with Crippen molar-refractivity contribution < 1.29 is 33.3 Å². The number of carbonyl (C=O) groups excluding carboxylic acids is 1. The quantitative estimate of drug-likeness (QED) is 0.484. The number of nitrogens with zero attached hydrogens (tertiary/aromatic N) is 1. The summed E-state index contributed by atoms with van der Waals surface area (Å²) in [5, 5.41) is 23.3. The number of aliphatic hydroxyl groups is 2. The predicted octanol–water partition coefficient (Wildman–Crippen LogP) is 4.28. The van der Waals surface area contributed by atoms with Crippen LogP contribution in [0.15, 0.2) is 42.5 Å². The van der Waals surface area contributed by atoms with E-state index in [0.717, 1.165) is 16.6 Å². The van der Waals surface area contributed by atoms with Crippen LogP contribution in [-0.4, -0.2) is 39.7 Å². The summed E-state index contributed by atoms with van der Waals surface area (Å²) in [5.74, 6) is -0.339. The largest absolute Gasteiger partial charge is 0.586 e. The molecule has 2 heterocycles. The Balaban J connectivity index is 1.42. The number of fused-ring (bicyclic) bond motifs is 2. The summed E-state index contributed by atoms with van der Waals surface area (Å²) in [5.41, 5.74) is 2.10. The number of aromatic nitrogens is 1. The minimum absolute atomic E-state index is 0.0501. The molecule has 0 unspecified atom stereocenters. The highest BCUT2D eigenvalue weighted by Gasteiger charge is 2.52. The van der Waals surface area contributed by atoms with E-state index in [0.29, 0.717) is 24.1 Å². The van der Waals surface area contributed by atoms with Crippen molar-refractivity contribution in [3.63, 3.8) is 0 Å². The second-order valence-electron chi connectivity index (χ2n) is 10.4. The molecular formula is C26H28F2N2O5. The smallest absolute Gasteiger partial charge is 0.395 e. The van der Waals surface area contributed by atoms with Gasteiger partial charge in [0.15, 0.2) is 11.5 Å². The standard InChI is InChI=1S/C26H28F2N2O5/c1-24(2,3)22-11-15-10-17(5-6-19(15)30(22)13-18(32)14-31)29-23(33)25(8-9-25)16-4-7-20-21(12-16)35-26(27,28)34-20/h4-7,10-12,18,31-32H,8-9,13-14H2,1-3H3,(H,29,33)/t18-/m1/s1. The average molecular weight is 487 g/mol. The van der Waals surface area contributed by atoms with E-state index in [2.05, 4.69) is 35.6 Å². The summed E-state index contributed by atoms with van der Waals surface area (Å²) >= 11 is 0. The van der Waals surface area contributed by atoms with Crippen LogP contribution in [0.25, 0.3) is 10.9 Å². The number of ether oxygens (including phenoxy) is 2. The Morgan fingerprint density at radius 1 is 1.11 bits per heavy atom. The first-order valence-electron chi connectivity index (χ1n) is 11.6. The van der Waals surface area contributed by atoms with Gasteiger partial charge in [0.1, 0.15) is 0 Å². The van der Waals surface area contributed by atoms with E-state index in [9.17, 15) is 23.8 Å². The van der Waals surface area contributed by atoms with E-state index in [-0.39, 0.29) is 36.0 Å². The number of alkyl halides is 2. The number of rotatable bonds is 6. The number of hydrogen-bond acceptors (Lipinski definition) is 5. The summed E-state index contributed by atoms with van der Waals surface area (Å²) in [6.07, 6.45) is -3.39. The van der Waals surface area contributed by atoms with Gasteiger partial charge in [0, 0.05) is 27.7 Å². The zero-order valence-corrected chi connectivity index (χ0v) is 19.8. The summed E-state index contributed by atoms with van der Waals surface area (Å²) in [7, 11) is 0. The molecule has 1 aliphatic carbocycles. The van der Waals surface area contributed by atoms with E-state index < -0.39 is 17.8 Å². The van der Waals surface area contributed by atoms with Crippen molar-refractivity contribution in [3.05, 3.63) is 53.7 Å². The maximum Gasteiger partial charge on any atom is 0.586 e. The lowest BCUT2D eigenvalue weighted by Crippen LogP contribution is -2.28. The van der Waals surface area contributed by atoms with Gasteiger partial charge in [-0.15, -0.1) is 8.78 Å². The fourth-order valence-electron chi connectivity index (χ4n) is 4.70. The molecule has 7 nitrogen and oxygen atoms in total. The van der Waals surface area contributed by atoms with Crippen LogP contribution >= 0.6 is 0 Å². The monoisotopic (exact) mass is 486 g/mol. The molecule has 0 bridgehead atoms. The molecule has 0 saturated heterocycles. The maximum absolute atomic E-state index is 13.4. The van der Waals surface area contributed by atoms with Gasteiger partial charge in [-0.2, -0.15) is 0 Å². The van der Waals surface area contributed by atoms with Crippen LogP contribution in [0, 0.1) is 0 Å². The SMILES string of the molecule is CC(C)(C)c1cc2cc(NC(=O)C3(c4ccc5c(c4)OC(F)(F)O5)CC3)ccc2n1C[C@@H](O)CO. The molecule has 0 radical (unpaired) electrons. The fraction of sp³-hybridized carbons (Fsp3) is 0.423. The van der Waals surface area contributed by atoms with Crippen LogP contribution in [0.1, 0.15) is 44.9 Å². The molecule has 9 heteroatoms. The summed E-state index contributed by atoms with van der Waals surface area (Å²) in [6, 6.07) is 12.1. The lowest BCUT2D eigenvalue weighted by Gasteiger charge is -2.23. The Kier molecular flexibility index (Phi) is 5.34. The zero-order chi connectivity index (χ0) is 25.2. The highest BCUT2D eigenvalue weighted by molar-refractivity contribution is 6.02. The van der Waals surface area contributed by atoms with Crippen molar-refractivity contribution in [2.75, 3.05) is 11.9 Å². The molecule has 3 aromatic rings. The first kappa shape index (κ1) is 23.6. The Morgan fingerprint density at radius 2 is 1.83 bits per heavy atom. The first-order chi connectivity index (χ1) is 16.4. The van der Waals surface area contributed by atoms with Crippen LogP contribution in [0.4, 0.5) is 14.5 Å². The highest BCUT2D eigenvalue weighted by atomic mass is 19.3. The van der Waals surface area contributed by atoms with Crippen LogP contribution in [-0.2, 0) is 22.2 Å². The molecule has 2 aliphatic rings. The van der Waals surface area contributed by atoms with Gasteiger partial charge < -0.3 is 29.6 Å². The lowest BCUT2D eigenvalue weighted by molar-refractivity contribution is -0.286. The van der Waals surface area contributed by atoms with Crippen LogP contribution < -0.4 is 14.8 Å². The van der Waals surface area contributed by atoms with E-state index in [4.69, 9.17) is 0 Å². The Hall–Kier alpha value is -3.17. The minimum atomic E-state index is -3.70. The average Bonchev–Trinajstić information content (AvgIpc) is 3.42. The number of carbonyl (C=O) groups is 1. The second kappa shape index (κ2) is 7.93. The fourth-order valence-corrected chi connectivity index (χ4v) is 4.70. The van der Waals surface area contributed by atoms with Gasteiger partial charge in [-0.3, -0.25) is 4.79 Å². The number of amides is 1. The third-order valence-electron chi connectivity index (χ3n) is 6.67. The van der Waals surface area contributed by atoms with E-state index in [1.165, 1.54) is 12.1 Å². The van der Waals surface area contributed by atoms with Crippen molar-refractivity contribution in [2.24, 2.45) is 0 Å². The first-order valence-corrected chi connectivity index (χ1v) is 11.6. The van der Waals surface area contributed by atoms with Crippen LogP contribution in [0.2, 0.25) is 0 Å². The van der Waals surface area contributed by atoms with E-state index in [1.54, 1.807) is 12.1 Å². The van der Waals surface area contributed by atoms with Crippen molar-refractivity contribution in [1.29, 1.82) is 0 Å². The molecule has 1 amide bonds. The molecule has 2 aromatic carbocycles. The highest BCUT2D eigenvalue weighted by Crippen LogP contribution is 2.52. The third kappa shape index (κ3) is 4.23. The zero-order valence-electron chi connectivity index (χ0n) is 19.8. The molecule has 1 aromatic heterocycles. The number of aliphatic hydroxyl groups excluding tert-OH is 2. The van der Waals surface area contributed by atoms with Gasteiger partial charge in [-0.05, 0) is 54.8 Å². The van der Waals surface area contributed by atoms with Gasteiger partial charge >= 0.3 is 6.29 Å². The molecule has 1 fully saturated rings. The minimum Gasteiger partial charge on any atom is -0.395 e. The summed E-state index contributed by atoms with van der Waals surface area (Å²) in [4.78, 5) is 13.3. The van der Waals surface area contributed by atoms with Crippen LogP contribution in [0.3, 0.4) is 0 Å². The van der Waals surface area contributed by atoms with Crippen molar-refractivity contribution in [1.82, 2.24) is 4.57 Å². The Bertz CT molecular complexity index is 1310. The maximum atomic E-state index is 13.4. The molecule has 3 N–H and O–H groups in total. The summed E-state index contributed by atoms with van der Waals surface area (Å²) in [6.45, 7) is 6.14. The number of hydrogen-bond donors (Lipinski definition) is 3. The molecule has 35 heavy (non-hydrogen) atoms. The number of halogens is 2. The molecule has 1 atom stereocenters. The Morgan fingerprint density at radius 3 is 2.49 bits per heavy atom. The Labute approximate surface area is 201 Å². The van der Waals surface area contributed by atoms with Crippen molar-refractivity contribution in [3.8, 4) is 11.5 Å². The number of nitrogens with one attached hydrogen (secondary N) is 1. The van der Waals surface area contributed by atoms with Gasteiger partial charge in [0.25, 0.3) is 0 Å². The van der Waals surface area contributed by atoms with Crippen molar-refractivity contribution >= 4 is 22.5 Å². The lowest BCUT2D eigenvalue weighted by atomic mass is 9.92. The van der Waals surface area contributed by atoms with Crippen molar-refractivity contribution in [2.45, 2.75) is 63.4 Å². The van der Waals surface area contributed by atoms with Gasteiger partial charge in [0.2, 0.25) is 5.91 Å². The number of benzene rings is 2. The van der Waals surface area contributed by atoms with Gasteiger partial charge in [0.05, 0.1) is 24.7 Å². The number of anilines is 1. The third-order valence-corrected chi connectivity index (χ3v) is 6.67. The molecule has 0 spiro atoms. The molecule has 186 valence electrons. The van der Waals surface area contributed by atoms with Gasteiger partial charge in [-0.25, -0.2) is 0 Å². The van der Waals surface area contributed by atoms with Crippen LogP contribution in [0.5, 0.6) is 11.5 Å². The molecule has 5 rings (SSSR count). The molecular weight excluding hydrogens is 458 g/mol. The normalized spacial score (nSPS) is 18.5. The summed E-state index contributed by atoms with van der Waals surface area (Å²) < 4.78 is 37.8. The molecule has 1 saturated carbocycles. The predicted molar refractivity (Wildman–Crippen MR) is 126 cm³/mol. The van der Waals surface area contributed by atoms with E-state index in [1.807, 2.05) is 22.8 Å². The van der Waals surface area contributed by atoms with Gasteiger partial charge in [-0.1, -0.05) is 26.8 Å².